The summed E-state index contributed by atoms with van der Waals surface area (Å²) in [6.45, 7) is 2.16. The molecule has 9 aromatic rings. The molecule has 0 spiro atoms. The van der Waals surface area contributed by atoms with Gasteiger partial charge in [0, 0.05) is 22.1 Å². The number of fused-ring (bicyclic) bond motifs is 6. The number of rotatable bonds is 5. The zero-order valence-electron chi connectivity index (χ0n) is 26.0. The van der Waals surface area contributed by atoms with Crippen molar-refractivity contribution in [1.82, 2.24) is 0 Å². The highest BCUT2D eigenvalue weighted by Gasteiger charge is 2.20. The van der Waals surface area contributed by atoms with Crippen molar-refractivity contribution in [3.8, 4) is 22.3 Å². The Hall–Kier alpha value is -6.12. The van der Waals surface area contributed by atoms with Gasteiger partial charge in [0.15, 0.2) is 5.58 Å². The van der Waals surface area contributed by atoms with Crippen LogP contribution in [0.2, 0.25) is 0 Å². The van der Waals surface area contributed by atoms with Gasteiger partial charge in [-0.2, -0.15) is 0 Å². The zero-order chi connectivity index (χ0) is 31.3. The third kappa shape index (κ3) is 4.65. The van der Waals surface area contributed by atoms with Crippen LogP contribution in [0.4, 0.5) is 17.1 Å². The summed E-state index contributed by atoms with van der Waals surface area (Å²) in [7, 11) is 0. The smallest absolute Gasteiger partial charge is 0.159 e. The van der Waals surface area contributed by atoms with E-state index in [9.17, 15) is 0 Å². The van der Waals surface area contributed by atoms with E-state index in [4.69, 9.17) is 4.42 Å². The Morgan fingerprint density at radius 1 is 0.426 bits per heavy atom. The van der Waals surface area contributed by atoms with Gasteiger partial charge in [-0.15, -0.1) is 0 Å². The van der Waals surface area contributed by atoms with Crippen LogP contribution < -0.4 is 4.90 Å². The van der Waals surface area contributed by atoms with E-state index in [0.717, 1.165) is 39.0 Å². The zero-order valence-corrected chi connectivity index (χ0v) is 26.0. The predicted molar refractivity (Wildman–Crippen MR) is 199 cm³/mol. The minimum Gasteiger partial charge on any atom is -0.454 e. The van der Waals surface area contributed by atoms with Gasteiger partial charge >= 0.3 is 0 Å². The Bertz CT molecular complexity index is 2560. The first-order chi connectivity index (χ1) is 23.2. The van der Waals surface area contributed by atoms with E-state index in [2.05, 4.69) is 176 Å². The monoisotopic (exact) mass is 601 g/mol. The molecule has 0 saturated carbocycles. The predicted octanol–water partition coefficient (Wildman–Crippen LogP) is 13.0. The minimum absolute atomic E-state index is 0.883. The maximum atomic E-state index is 6.60. The van der Waals surface area contributed by atoms with Gasteiger partial charge < -0.3 is 9.32 Å². The molecule has 0 fully saturated rings. The lowest BCUT2D eigenvalue weighted by molar-refractivity contribution is 0.669. The molecule has 0 radical (unpaired) electrons. The molecule has 0 atom stereocenters. The molecule has 1 aromatic heterocycles. The first kappa shape index (κ1) is 27.2. The SMILES string of the molecule is Cc1cc(N(c2ccc(-c3ccccc3)cc2)c2ccc(-c3cc4ccccc4c4ccccc34)cc2)c2oc3ccccc3c2c1. The van der Waals surface area contributed by atoms with Gasteiger partial charge in [-0.25, -0.2) is 0 Å². The van der Waals surface area contributed by atoms with Crippen molar-refractivity contribution < 1.29 is 4.42 Å². The van der Waals surface area contributed by atoms with Crippen LogP contribution in [0.1, 0.15) is 5.56 Å². The quantitative estimate of drug-likeness (QED) is 0.182. The first-order valence-electron chi connectivity index (χ1n) is 16.1. The van der Waals surface area contributed by atoms with E-state index < -0.39 is 0 Å². The number of benzene rings is 8. The fourth-order valence-corrected chi connectivity index (χ4v) is 7.06. The lowest BCUT2D eigenvalue weighted by Gasteiger charge is -2.26. The molecule has 0 aliphatic heterocycles. The van der Waals surface area contributed by atoms with Crippen LogP contribution in [0.5, 0.6) is 0 Å². The van der Waals surface area contributed by atoms with Crippen LogP contribution in [0.25, 0.3) is 65.7 Å². The topological polar surface area (TPSA) is 16.4 Å². The molecule has 0 aliphatic carbocycles. The number of hydrogen-bond donors (Lipinski definition) is 0. The summed E-state index contributed by atoms with van der Waals surface area (Å²) in [5.41, 5.74) is 10.9. The molecule has 0 amide bonds. The third-order valence-electron chi connectivity index (χ3n) is 9.28. The summed E-state index contributed by atoms with van der Waals surface area (Å²) >= 11 is 0. The highest BCUT2D eigenvalue weighted by molar-refractivity contribution is 6.14. The van der Waals surface area contributed by atoms with Crippen LogP contribution in [0.3, 0.4) is 0 Å². The fourth-order valence-electron chi connectivity index (χ4n) is 7.06. The van der Waals surface area contributed by atoms with Gasteiger partial charge in [0.2, 0.25) is 0 Å². The summed E-state index contributed by atoms with van der Waals surface area (Å²) in [6.07, 6.45) is 0. The molecular formula is C45H31NO. The van der Waals surface area contributed by atoms with Crippen molar-refractivity contribution in [3.05, 3.63) is 175 Å². The first-order valence-corrected chi connectivity index (χ1v) is 16.1. The Kier molecular flexibility index (Phi) is 6.39. The lowest BCUT2D eigenvalue weighted by Crippen LogP contribution is -2.10. The average molecular weight is 602 g/mol. The highest BCUT2D eigenvalue weighted by Crippen LogP contribution is 2.44. The minimum atomic E-state index is 0.883. The van der Waals surface area contributed by atoms with Crippen molar-refractivity contribution in [2.75, 3.05) is 4.90 Å². The van der Waals surface area contributed by atoms with Gasteiger partial charge in [-0.1, -0.05) is 121 Å². The lowest BCUT2D eigenvalue weighted by atomic mass is 9.93. The molecule has 1 heterocycles. The second-order valence-electron chi connectivity index (χ2n) is 12.2. The van der Waals surface area contributed by atoms with Crippen LogP contribution in [0.15, 0.2) is 174 Å². The highest BCUT2D eigenvalue weighted by atomic mass is 16.3. The average Bonchev–Trinajstić information content (AvgIpc) is 3.51. The molecule has 0 unspecified atom stereocenters. The maximum absolute atomic E-state index is 6.60. The van der Waals surface area contributed by atoms with Gasteiger partial charge in [0.05, 0.1) is 5.69 Å². The second-order valence-corrected chi connectivity index (χ2v) is 12.2. The number of para-hydroxylation sites is 1. The van der Waals surface area contributed by atoms with E-state index in [1.165, 1.54) is 49.4 Å². The van der Waals surface area contributed by atoms with Crippen LogP contribution >= 0.6 is 0 Å². The van der Waals surface area contributed by atoms with E-state index in [0.29, 0.717) is 0 Å². The van der Waals surface area contributed by atoms with Crippen molar-refractivity contribution >= 4 is 60.5 Å². The standard InChI is InChI=1S/C45H31NO/c1-30-27-42-40-17-9-10-18-44(40)47-45(42)43(28-30)46(35-23-19-32(20-24-35)31-11-3-2-4-12-31)36-25-21-33(22-26-36)41-29-34-13-5-6-14-37(34)38-15-7-8-16-39(38)41/h2-29H,1H3. The summed E-state index contributed by atoms with van der Waals surface area (Å²) in [5.74, 6) is 0. The molecule has 222 valence electrons. The summed E-state index contributed by atoms with van der Waals surface area (Å²) in [6, 6.07) is 60.8. The Balaban J connectivity index is 1.22. The normalized spacial score (nSPS) is 11.5. The molecule has 0 N–H and O–H groups in total. The molecule has 2 nitrogen and oxygen atoms in total. The number of nitrogens with zero attached hydrogens (tertiary/aromatic N) is 1. The molecule has 0 bridgehead atoms. The molecule has 8 aromatic carbocycles. The number of anilines is 3. The van der Waals surface area contributed by atoms with E-state index in [1.54, 1.807) is 0 Å². The number of hydrogen-bond acceptors (Lipinski definition) is 2. The summed E-state index contributed by atoms with van der Waals surface area (Å²) in [4.78, 5) is 2.33. The van der Waals surface area contributed by atoms with Gasteiger partial charge in [0.1, 0.15) is 5.58 Å². The van der Waals surface area contributed by atoms with Gasteiger partial charge in [0.25, 0.3) is 0 Å². The Morgan fingerprint density at radius 2 is 1.00 bits per heavy atom. The number of aryl methyl sites for hydroxylation is 1. The Morgan fingerprint density at radius 3 is 1.74 bits per heavy atom. The van der Waals surface area contributed by atoms with Crippen molar-refractivity contribution in [1.29, 1.82) is 0 Å². The molecular weight excluding hydrogens is 571 g/mol. The molecule has 0 saturated heterocycles. The maximum Gasteiger partial charge on any atom is 0.159 e. The van der Waals surface area contributed by atoms with E-state index in [1.807, 2.05) is 6.07 Å². The van der Waals surface area contributed by atoms with E-state index in [-0.39, 0.29) is 0 Å². The molecule has 2 heteroatoms. The van der Waals surface area contributed by atoms with Crippen LogP contribution in [0, 0.1) is 6.92 Å². The third-order valence-corrected chi connectivity index (χ3v) is 9.28. The summed E-state index contributed by atoms with van der Waals surface area (Å²) < 4.78 is 6.60. The van der Waals surface area contributed by atoms with Crippen molar-refractivity contribution in [2.45, 2.75) is 6.92 Å². The van der Waals surface area contributed by atoms with Crippen molar-refractivity contribution in [2.24, 2.45) is 0 Å². The summed E-state index contributed by atoms with van der Waals surface area (Å²) in [5, 5.41) is 7.32. The largest absolute Gasteiger partial charge is 0.454 e. The second kappa shape index (κ2) is 11.0. The molecule has 9 rings (SSSR count). The molecule has 47 heavy (non-hydrogen) atoms. The van der Waals surface area contributed by atoms with Crippen LogP contribution in [-0.2, 0) is 0 Å². The van der Waals surface area contributed by atoms with Crippen molar-refractivity contribution in [3.63, 3.8) is 0 Å². The van der Waals surface area contributed by atoms with E-state index >= 15 is 0 Å². The Labute approximate surface area is 273 Å². The number of furan rings is 1. The fraction of sp³-hybridized carbons (Fsp3) is 0.0222. The van der Waals surface area contributed by atoms with Gasteiger partial charge in [-0.05, 0) is 105 Å². The molecule has 0 aliphatic rings. The van der Waals surface area contributed by atoms with Crippen LogP contribution in [-0.4, -0.2) is 0 Å². The van der Waals surface area contributed by atoms with Gasteiger partial charge in [-0.3, -0.25) is 0 Å².